The fraction of sp³-hybridized carbons (Fsp3) is 0.263. The van der Waals surface area contributed by atoms with Crippen LogP contribution in [0.4, 0.5) is 10.5 Å². The van der Waals surface area contributed by atoms with Crippen molar-refractivity contribution < 1.29 is 9.53 Å². The lowest BCUT2D eigenvalue weighted by atomic mass is 10.00. The van der Waals surface area contributed by atoms with Gasteiger partial charge in [0.15, 0.2) is 0 Å². The molecule has 1 aliphatic heterocycles. The summed E-state index contributed by atoms with van der Waals surface area (Å²) in [5.41, 5.74) is 4.33. The maximum Gasteiger partial charge on any atom is 0.414 e. The highest BCUT2D eigenvalue weighted by atomic mass is 32.1. The lowest BCUT2D eigenvalue weighted by molar-refractivity contribution is 0.143. The summed E-state index contributed by atoms with van der Waals surface area (Å²) in [4.78, 5) is 14.5. The first-order chi connectivity index (χ1) is 11.5. The number of amides is 1. The molecule has 1 unspecified atom stereocenters. The second-order valence-electron chi connectivity index (χ2n) is 5.92. The predicted octanol–water partition coefficient (Wildman–Crippen LogP) is 3.92. The molecule has 2 aromatic rings. The number of thiocarbonyl (C=S) groups is 1. The Morgan fingerprint density at radius 2 is 2.04 bits per heavy atom. The summed E-state index contributed by atoms with van der Waals surface area (Å²) >= 11 is 5.00. The largest absolute Gasteiger partial charge is 0.442 e. The highest BCUT2D eigenvalue weighted by molar-refractivity contribution is 7.80. The zero-order valence-corrected chi connectivity index (χ0v) is 14.6. The summed E-state index contributed by atoms with van der Waals surface area (Å²) in [5.74, 6) is 0. The van der Waals surface area contributed by atoms with Crippen molar-refractivity contribution in [2.24, 2.45) is 0 Å². The Bertz CT molecular complexity index is 761. The van der Waals surface area contributed by atoms with Crippen LogP contribution in [0, 0.1) is 6.92 Å². The van der Waals surface area contributed by atoms with Gasteiger partial charge in [-0.05, 0) is 42.7 Å². The van der Waals surface area contributed by atoms with Gasteiger partial charge in [-0.1, -0.05) is 48.6 Å². The zero-order valence-electron chi connectivity index (χ0n) is 13.8. The monoisotopic (exact) mass is 340 g/mol. The summed E-state index contributed by atoms with van der Waals surface area (Å²) in [6.45, 7) is 4.94. The molecule has 0 aliphatic carbocycles. The molecule has 1 fully saturated rings. The number of nitrogens with zero attached hydrogens (tertiary/aromatic N) is 1. The minimum absolute atomic E-state index is 0.190. The van der Waals surface area contributed by atoms with Crippen LogP contribution in [0.5, 0.6) is 0 Å². The molecule has 2 aromatic carbocycles. The van der Waals surface area contributed by atoms with Crippen molar-refractivity contribution in [2.45, 2.75) is 20.0 Å². The molecular formula is C19H20N2O2S. The lowest BCUT2D eigenvalue weighted by Crippen LogP contribution is -2.32. The summed E-state index contributed by atoms with van der Waals surface area (Å²) in [7, 11) is 0. The molecule has 1 aliphatic rings. The Balaban J connectivity index is 1.77. The standard InChI is InChI=1S/C19H20N2O2S/c1-13-10-16(8-9-18(13)15-6-4-3-5-7-15)21-12-17(23-19(21)22)11-20-14(2)24/h3-10,17H,11-12H2,1-2H3,(H,20,24). The summed E-state index contributed by atoms with van der Waals surface area (Å²) in [6, 6.07) is 16.3. The Morgan fingerprint density at radius 3 is 2.71 bits per heavy atom. The van der Waals surface area contributed by atoms with E-state index in [-0.39, 0.29) is 12.2 Å². The van der Waals surface area contributed by atoms with Crippen molar-refractivity contribution in [3.05, 3.63) is 54.1 Å². The van der Waals surface area contributed by atoms with Crippen LogP contribution >= 0.6 is 12.2 Å². The van der Waals surface area contributed by atoms with Gasteiger partial charge in [-0.25, -0.2) is 4.79 Å². The van der Waals surface area contributed by atoms with E-state index in [0.29, 0.717) is 18.1 Å². The molecule has 1 atom stereocenters. The van der Waals surface area contributed by atoms with Crippen LogP contribution in [0.2, 0.25) is 0 Å². The van der Waals surface area contributed by atoms with Gasteiger partial charge in [-0.3, -0.25) is 4.90 Å². The first kappa shape index (κ1) is 16.5. The number of aryl methyl sites for hydroxylation is 1. The van der Waals surface area contributed by atoms with Crippen LogP contribution in [0.1, 0.15) is 12.5 Å². The van der Waals surface area contributed by atoms with Gasteiger partial charge in [-0.2, -0.15) is 0 Å². The molecule has 0 saturated carbocycles. The molecule has 24 heavy (non-hydrogen) atoms. The molecule has 1 N–H and O–H groups in total. The maximum atomic E-state index is 12.1. The van der Waals surface area contributed by atoms with Crippen LogP contribution < -0.4 is 10.2 Å². The Kier molecular flexibility index (Phi) is 4.81. The smallest absolute Gasteiger partial charge is 0.414 e. The number of cyclic esters (lactones) is 1. The third-order valence-electron chi connectivity index (χ3n) is 4.06. The quantitative estimate of drug-likeness (QED) is 0.857. The fourth-order valence-electron chi connectivity index (χ4n) is 2.85. The average molecular weight is 340 g/mol. The number of ether oxygens (including phenoxy) is 1. The topological polar surface area (TPSA) is 41.6 Å². The fourth-order valence-corrected chi connectivity index (χ4v) is 2.94. The van der Waals surface area contributed by atoms with Crippen LogP contribution in [-0.2, 0) is 4.74 Å². The van der Waals surface area contributed by atoms with E-state index in [2.05, 4.69) is 30.4 Å². The zero-order chi connectivity index (χ0) is 17.1. The number of nitrogens with one attached hydrogen (secondary N) is 1. The molecule has 0 radical (unpaired) electrons. The number of carbonyl (C=O) groups is 1. The van der Waals surface area contributed by atoms with Gasteiger partial charge >= 0.3 is 6.09 Å². The van der Waals surface area contributed by atoms with E-state index >= 15 is 0 Å². The van der Waals surface area contributed by atoms with Crippen molar-refractivity contribution in [3.63, 3.8) is 0 Å². The van der Waals surface area contributed by atoms with Crippen molar-refractivity contribution >= 4 is 29.0 Å². The van der Waals surface area contributed by atoms with Gasteiger partial charge in [-0.15, -0.1) is 0 Å². The molecule has 0 spiro atoms. The predicted molar refractivity (Wildman–Crippen MR) is 101 cm³/mol. The summed E-state index contributed by atoms with van der Waals surface area (Å²) < 4.78 is 5.40. The summed E-state index contributed by atoms with van der Waals surface area (Å²) in [6.07, 6.45) is -0.500. The van der Waals surface area contributed by atoms with Gasteiger partial charge in [0.25, 0.3) is 0 Å². The average Bonchev–Trinajstić information content (AvgIpc) is 2.94. The van der Waals surface area contributed by atoms with Crippen LogP contribution in [0.25, 0.3) is 11.1 Å². The number of hydrogen-bond donors (Lipinski definition) is 1. The molecule has 1 saturated heterocycles. The Labute approximate surface area is 147 Å². The van der Waals surface area contributed by atoms with Crippen molar-refractivity contribution in [2.75, 3.05) is 18.0 Å². The molecular weight excluding hydrogens is 320 g/mol. The second-order valence-corrected chi connectivity index (χ2v) is 6.53. The summed E-state index contributed by atoms with van der Waals surface area (Å²) in [5, 5.41) is 3.05. The third-order valence-corrected chi connectivity index (χ3v) is 4.20. The molecule has 0 aromatic heterocycles. The lowest BCUT2D eigenvalue weighted by Gasteiger charge is -2.16. The molecule has 0 bridgehead atoms. The highest BCUT2D eigenvalue weighted by Crippen LogP contribution is 2.29. The van der Waals surface area contributed by atoms with E-state index < -0.39 is 0 Å². The van der Waals surface area contributed by atoms with E-state index in [1.165, 1.54) is 11.1 Å². The van der Waals surface area contributed by atoms with Gasteiger partial charge in [0.2, 0.25) is 0 Å². The van der Waals surface area contributed by atoms with Gasteiger partial charge in [0, 0.05) is 5.69 Å². The third kappa shape index (κ3) is 3.57. The van der Waals surface area contributed by atoms with E-state index in [9.17, 15) is 4.79 Å². The van der Waals surface area contributed by atoms with E-state index in [1.807, 2.05) is 37.3 Å². The highest BCUT2D eigenvalue weighted by Gasteiger charge is 2.32. The number of benzene rings is 2. The first-order valence-corrected chi connectivity index (χ1v) is 8.34. The maximum absolute atomic E-state index is 12.1. The van der Waals surface area contributed by atoms with Crippen LogP contribution in [-0.4, -0.2) is 30.3 Å². The van der Waals surface area contributed by atoms with Gasteiger partial charge in [0.05, 0.1) is 18.1 Å². The van der Waals surface area contributed by atoms with Crippen molar-refractivity contribution in [1.82, 2.24) is 5.32 Å². The molecule has 1 amide bonds. The molecule has 5 heteroatoms. The van der Waals surface area contributed by atoms with Crippen LogP contribution in [0.15, 0.2) is 48.5 Å². The Hall–Kier alpha value is -2.40. The first-order valence-electron chi connectivity index (χ1n) is 7.93. The normalized spacial score (nSPS) is 16.8. The van der Waals surface area contributed by atoms with Crippen molar-refractivity contribution in [1.29, 1.82) is 0 Å². The van der Waals surface area contributed by atoms with Crippen LogP contribution in [0.3, 0.4) is 0 Å². The molecule has 4 nitrogen and oxygen atoms in total. The van der Waals surface area contributed by atoms with E-state index in [1.54, 1.807) is 4.90 Å². The minimum Gasteiger partial charge on any atom is -0.442 e. The van der Waals surface area contributed by atoms with Gasteiger partial charge in [0.1, 0.15) is 6.10 Å². The number of carbonyl (C=O) groups excluding carboxylic acids is 1. The number of anilines is 1. The molecule has 1 heterocycles. The number of hydrogen-bond acceptors (Lipinski definition) is 3. The van der Waals surface area contributed by atoms with Gasteiger partial charge < -0.3 is 10.1 Å². The SMILES string of the molecule is CC(=S)NCC1CN(c2ccc(-c3ccccc3)c(C)c2)C(=O)O1. The molecule has 124 valence electrons. The second kappa shape index (κ2) is 7.01. The molecule has 3 rings (SSSR count). The van der Waals surface area contributed by atoms with E-state index in [0.717, 1.165) is 11.3 Å². The van der Waals surface area contributed by atoms with E-state index in [4.69, 9.17) is 17.0 Å². The minimum atomic E-state index is -0.310. The Morgan fingerprint density at radius 1 is 1.29 bits per heavy atom. The number of rotatable bonds is 4. The van der Waals surface area contributed by atoms with Crippen molar-refractivity contribution in [3.8, 4) is 11.1 Å².